The number of hydrogen-bond donors (Lipinski definition) is 2. The first-order valence-electron chi connectivity index (χ1n) is 9.46. The maximum absolute atomic E-state index is 13.1. The summed E-state index contributed by atoms with van der Waals surface area (Å²) < 4.78 is 6.76. The van der Waals surface area contributed by atoms with Gasteiger partial charge in [-0.2, -0.15) is 0 Å². The van der Waals surface area contributed by atoms with Gasteiger partial charge in [-0.25, -0.2) is 4.98 Å². The Hall–Kier alpha value is -3.29. The Bertz CT molecular complexity index is 1020. The molecule has 0 amide bonds. The highest BCUT2D eigenvalue weighted by molar-refractivity contribution is 5.87. The van der Waals surface area contributed by atoms with Crippen molar-refractivity contribution in [1.29, 1.82) is 0 Å². The van der Waals surface area contributed by atoms with Crippen LogP contribution in [0.3, 0.4) is 0 Å². The van der Waals surface area contributed by atoms with E-state index in [-0.39, 0.29) is 18.9 Å². The number of nitrogens with one attached hydrogen (secondary N) is 1. The lowest BCUT2D eigenvalue weighted by Crippen LogP contribution is -2.36. The first kappa shape index (κ1) is 19.0. The molecule has 7 heteroatoms. The zero-order valence-electron chi connectivity index (χ0n) is 15.8. The van der Waals surface area contributed by atoms with Crippen LogP contribution in [0.1, 0.15) is 33.2 Å². The fraction of sp³-hybridized carbons (Fsp3) is 0.227. The van der Waals surface area contributed by atoms with Gasteiger partial charge in [0.15, 0.2) is 0 Å². The van der Waals surface area contributed by atoms with E-state index in [0.717, 1.165) is 16.7 Å². The maximum Gasteiger partial charge on any atom is 0.323 e. The van der Waals surface area contributed by atoms with Crippen LogP contribution in [0.2, 0.25) is 0 Å². The Morgan fingerprint density at radius 3 is 2.76 bits per heavy atom. The number of carbonyl (C=O) groups is 2. The summed E-state index contributed by atoms with van der Waals surface area (Å²) in [6.45, 7) is 0.802. The summed E-state index contributed by atoms with van der Waals surface area (Å²) in [6.07, 6.45) is 3.18. The van der Waals surface area contributed by atoms with Gasteiger partial charge in [-0.3, -0.25) is 19.5 Å². The van der Waals surface area contributed by atoms with Gasteiger partial charge in [0.25, 0.3) is 5.91 Å². The van der Waals surface area contributed by atoms with E-state index in [4.69, 9.17) is 10.5 Å². The van der Waals surface area contributed by atoms with Gasteiger partial charge in [-0.1, -0.05) is 54.6 Å². The predicted molar refractivity (Wildman–Crippen MR) is 107 cm³/mol. The largest absolute Gasteiger partial charge is 0.460 e. The van der Waals surface area contributed by atoms with Crippen molar-refractivity contribution in [3.63, 3.8) is 0 Å². The molecule has 2 unspecified atom stereocenters. The van der Waals surface area contributed by atoms with Crippen LogP contribution in [0.5, 0.6) is 0 Å². The fourth-order valence-corrected chi connectivity index (χ4v) is 3.47. The smallest absolute Gasteiger partial charge is 0.323 e. The van der Waals surface area contributed by atoms with Gasteiger partial charge in [0.2, 0.25) is 0 Å². The summed E-state index contributed by atoms with van der Waals surface area (Å²) in [4.78, 5) is 29.4. The van der Waals surface area contributed by atoms with Gasteiger partial charge < -0.3 is 10.5 Å². The van der Waals surface area contributed by atoms with Crippen molar-refractivity contribution in [3.05, 3.63) is 89.5 Å². The second-order valence-corrected chi connectivity index (χ2v) is 7.01. The number of esters is 1. The standard InChI is InChI=1S/C22H22N4O3/c23-19(22(28)29-13-15-6-2-1-3-7-15)10-17-12-24-14-26(17)21(27)20-18-9-5-4-8-16(18)11-25-20/h1-9,12,14,19-20,25H,10-11,13,23H2. The lowest BCUT2D eigenvalue weighted by molar-refractivity contribution is -0.146. The Balaban J connectivity index is 1.41. The van der Waals surface area contributed by atoms with Crippen molar-refractivity contribution in [2.45, 2.75) is 31.7 Å². The third-order valence-electron chi connectivity index (χ3n) is 5.02. The molecule has 1 aliphatic rings. The van der Waals surface area contributed by atoms with Gasteiger partial charge in [0.05, 0.1) is 0 Å². The molecule has 2 heterocycles. The molecule has 3 N–H and O–H groups in total. The normalized spacial score (nSPS) is 16.2. The molecular weight excluding hydrogens is 368 g/mol. The van der Waals surface area contributed by atoms with Gasteiger partial charge in [-0.05, 0) is 16.7 Å². The van der Waals surface area contributed by atoms with Crippen LogP contribution in [0.4, 0.5) is 0 Å². The molecule has 148 valence electrons. The van der Waals surface area contributed by atoms with E-state index in [1.54, 1.807) is 6.20 Å². The molecule has 0 radical (unpaired) electrons. The zero-order chi connectivity index (χ0) is 20.2. The molecule has 1 aromatic heterocycles. The van der Waals surface area contributed by atoms with Crippen molar-refractivity contribution in [1.82, 2.24) is 14.9 Å². The third-order valence-corrected chi connectivity index (χ3v) is 5.02. The van der Waals surface area contributed by atoms with E-state index in [1.165, 1.54) is 10.9 Å². The van der Waals surface area contributed by atoms with E-state index in [0.29, 0.717) is 12.2 Å². The van der Waals surface area contributed by atoms with Crippen LogP contribution in [0.25, 0.3) is 0 Å². The number of nitrogens with two attached hydrogens (primary N) is 1. The van der Waals surface area contributed by atoms with Crippen LogP contribution < -0.4 is 11.1 Å². The molecule has 0 fully saturated rings. The number of fused-ring (bicyclic) bond motifs is 1. The number of hydrogen-bond acceptors (Lipinski definition) is 6. The molecule has 0 spiro atoms. The SMILES string of the molecule is NC(Cc1cncn1C(=O)C1NCc2ccccc21)C(=O)OCc1ccccc1. The highest BCUT2D eigenvalue weighted by Crippen LogP contribution is 2.26. The lowest BCUT2D eigenvalue weighted by atomic mass is 10.0. The number of benzene rings is 2. The van der Waals surface area contributed by atoms with E-state index < -0.39 is 18.1 Å². The Morgan fingerprint density at radius 2 is 1.93 bits per heavy atom. The highest BCUT2D eigenvalue weighted by Gasteiger charge is 2.30. The number of nitrogens with zero attached hydrogens (tertiary/aromatic N) is 2. The number of ether oxygens (including phenoxy) is 1. The molecule has 0 aliphatic carbocycles. The van der Waals surface area contributed by atoms with E-state index in [9.17, 15) is 9.59 Å². The van der Waals surface area contributed by atoms with Crippen LogP contribution in [0, 0.1) is 0 Å². The topological polar surface area (TPSA) is 99.2 Å². The summed E-state index contributed by atoms with van der Waals surface area (Å²) in [5.74, 6) is -0.661. The summed E-state index contributed by atoms with van der Waals surface area (Å²) in [5, 5.41) is 3.23. The minimum Gasteiger partial charge on any atom is -0.460 e. The monoisotopic (exact) mass is 390 g/mol. The molecule has 3 aromatic rings. The average Bonchev–Trinajstić information content (AvgIpc) is 3.39. The van der Waals surface area contributed by atoms with Crippen LogP contribution in [-0.4, -0.2) is 27.5 Å². The number of rotatable bonds is 6. The van der Waals surface area contributed by atoms with Crippen LogP contribution >= 0.6 is 0 Å². The van der Waals surface area contributed by atoms with Gasteiger partial charge >= 0.3 is 5.97 Å². The van der Waals surface area contributed by atoms with Crippen molar-refractivity contribution in [2.24, 2.45) is 5.73 Å². The molecule has 0 saturated carbocycles. The Kier molecular flexibility index (Phi) is 5.50. The Labute approximate surface area is 168 Å². The number of aromatic nitrogens is 2. The summed E-state index contributed by atoms with van der Waals surface area (Å²) in [7, 11) is 0. The average molecular weight is 390 g/mol. The molecule has 4 rings (SSSR count). The first-order chi connectivity index (χ1) is 14.1. The molecule has 7 nitrogen and oxygen atoms in total. The van der Waals surface area contributed by atoms with E-state index >= 15 is 0 Å². The number of imidazole rings is 1. The molecule has 2 atom stereocenters. The summed E-state index contributed by atoms with van der Waals surface area (Å²) in [5.41, 5.74) is 9.56. The predicted octanol–water partition coefficient (Wildman–Crippen LogP) is 1.98. The number of carbonyl (C=O) groups excluding carboxylic acids is 2. The van der Waals surface area contributed by atoms with E-state index in [2.05, 4.69) is 10.3 Å². The van der Waals surface area contributed by atoms with Crippen molar-refractivity contribution >= 4 is 11.9 Å². The molecule has 2 aromatic carbocycles. The van der Waals surface area contributed by atoms with Crippen molar-refractivity contribution in [2.75, 3.05) is 0 Å². The maximum atomic E-state index is 13.1. The molecule has 1 aliphatic heterocycles. The van der Waals surface area contributed by atoms with Gasteiger partial charge in [-0.15, -0.1) is 0 Å². The molecular formula is C22H22N4O3. The van der Waals surface area contributed by atoms with Crippen molar-refractivity contribution in [3.8, 4) is 0 Å². The quantitative estimate of drug-likeness (QED) is 0.625. The molecule has 0 bridgehead atoms. The minimum absolute atomic E-state index is 0.146. The minimum atomic E-state index is -0.884. The first-order valence-corrected chi connectivity index (χ1v) is 9.46. The van der Waals surface area contributed by atoms with Crippen molar-refractivity contribution < 1.29 is 14.3 Å². The highest BCUT2D eigenvalue weighted by atomic mass is 16.5. The summed E-state index contributed by atoms with van der Waals surface area (Å²) in [6, 6.07) is 15.9. The molecule has 0 saturated heterocycles. The fourth-order valence-electron chi connectivity index (χ4n) is 3.47. The molecule has 29 heavy (non-hydrogen) atoms. The third kappa shape index (κ3) is 4.11. The van der Waals surface area contributed by atoms with Crippen LogP contribution in [0.15, 0.2) is 67.1 Å². The van der Waals surface area contributed by atoms with Gasteiger partial charge in [0.1, 0.15) is 25.0 Å². The second-order valence-electron chi connectivity index (χ2n) is 7.01. The zero-order valence-corrected chi connectivity index (χ0v) is 15.8. The second kappa shape index (κ2) is 8.38. The van der Waals surface area contributed by atoms with Crippen LogP contribution in [-0.2, 0) is 29.1 Å². The lowest BCUT2D eigenvalue weighted by Gasteiger charge is -2.16. The van der Waals surface area contributed by atoms with Gasteiger partial charge in [0, 0.05) is 24.9 Å². The summed E-state index contributed by atoms with van der Waals surface area (Å²) >= 11 is 0. The van der Waals surface area contributed by atoms with E-state index in [1.807, 2.05) is 54.6 Å². The Morgan fingerprint density at radius 1 is 1.17 bits per heavy atom.